The molecule has 0 atom stereocenters. The van der Waals surface area contributed by atoms with Crippen molar-refractivity contribution in [3.05, 3.63) is 71.8 Å². The minimum Gasteiger partial charge on any atom is -0.496 e. The summed E-state index contributed by atoms with van der Waals surface area (Å²) >= 11 is 0. The molecule has 0 radical (unpaired) electrons. The number of hydrogen-bond acceptors (Lipinski definition) is 4. The summed E-state index contributed by atoms with van der Waals surface area (Å²) in [7, 11) is 1.67. The predicted octanol–water partition coefficient (Wildman–Crippen LogP) is 4.16. The van der Waals surface area contributed by atoms with Gasteiger partial charge in [-0.2, -0.15) is 0 Å². The summed E-state index contributed by atoms with van der Waals surface area (Å²) in [6.45, 7) is 4.44. The second-order valence-corrected chi connectivity index (χ2v) is 5.92. The molecule has 26 heavy (non-hydrogen) atoms. The van der Waals surface area contributed by atoms with Gasteiger partial charge in [0.15, 0.2) is 0 Å². The lowest BCUT2D eigenvalue weighted by atomic mass is 10.1. The van der Waals surface area contributed by atoms with Crippen LogP contribution >= 0.6 is 0 Å². The molecule has 0 aliphatic rings. The third-order valence-electron chi connectivity index (χ3n) is 3.99. The van der Waals surface area contributed by atoms with Crippen LogP contribution in [-0.2, 0) is 16.1 Å². The van der Waals surface area contributed by atoms with Crippen molar-refractivity contribution in [2.75, 3.05) is 26.8 Å². The van der Waals surface area contributed by atoms with E-state index in [-0.39, 0.29) is 5.97 Å². The van der Waals surface area contributed by atoms with Gasteiger partial charge in [0.25, 0.3) is 0 Å². The number of carbonyl (C=O) groups is 1. The Morgan fingerprint density at radius 1 is 1.08 bits per heavy atom. The smallest absolute Gasteiger partial charge is 0.307 e. The molecule has 0 saturated heterocycles. The zero-order chi connectivity index (χ0) is 18.6. The second kappa shape index (κ2) is 11.1. The molecule has 0 unspecified atom stereocenters. The Morgan fingerprint density at radius 2 is 1.81 bits per heavy atom. The van der Waals surface area contributed by atoms with Gasteiger partial charge in [0.1, 0.15) is 5.75 Å². The first kappa shape index (κ1) is 19.7. The quantitative estimate of drug-likeness (QED) is 0.601. The van der Waals surface area contributed by atoms with Crippen LogP contribution in [0.5, 0.6) is 5.75 Å². The highest BCUT2D eigenvalue weighted by atomic mass is 16.5. The zero-order valence-electron chi connectivity index (χ0n) is 15.6. The van der Waals surface area contributed by atoms with Gasteiger partial charge in [0.2, 0.25) is 0 Å². The lowest BCUT2D eigenvalue weighted by molar-refractivity contribution is -0.143. The van der Waals surface area contributed by atoms with Gasteiger partial charge in [-0.05, 0) is 18.6 Å². The van der Waals surface area contributed by atoms with Gasteiger partial charge in [-0.3, -0.25) is 9.69 Å². The molecular formula is C22H27NO3. The van der Waals surface area contributed by atoms with E-state index in [1.165, 1.54) is 5.56 Å². The maximum Gasteiger partial charge on any atom is 0.307 e. The first-order valence-electron chi connectivity index (χ1n) is 8.94. The van der Waals surface area contributed by atoms with Crippen LogP contribution in [0.25, 0.3) is 6.08 Å². The molecule has 2 rings (SSSR count). The van der Waals surface area contributed by atoms with Crippen LogP contribution in [0.2, 0.25) is 0 Å². The molecule has 2 aromatic carbocycles. The molecule has 0 aliphatic heterocycles. The second-order valence-electron chi connectivity index (χ2n) is 5.92. The highest BCUT2D eigenvalue weighted by molar-refractivity contribution is 5.69. The van der Waals surface area contributed by atoms with Crippen molar-refractivity contribution in [2.24, 2.45) is 0 Å². The van der Waals surface area contributed by atoms with E-state index in [9.17, 15) is 4.79 Å². The molecule has 2 aromatic rings. The van der Waals surface area contributed by atoms with Gasteiger partial charge in [-0.1, -0.05) is 60.7 Å². The Hall–Kier alpha value is -2.59. The first-order valence-corrected chi connectivity index (χ1v) is 8.94. The van der Waals surface area contributed by atoms with Crippen molar-refractivity contribution in [3.8, 4) is 5.75 Å². The van der Waals surface area contributed by atoms with Gasteiger partial charge < -0.3 is 9.47 Å². The van der Waals surface area contributed by atoms with Crippen LogP contribution in [0, 0.1) is 0 Å². The number of ether oxygens (including phenoxy) is 2. The van der Waals surface area contributed by atoms with Gasteiger partial charge in [-0.25, -0.2) is 0 Å². The van der Waals surface area contributed by atoms with Crippen molar-refractivity contribution in [2.45, 2.75) is 19.9 Å². The van der Waals surface area contributed by atoms with E-state index in [0.717, 1.165) is 24.4 Å². The Balaban J connectivity index is 2.00. The standard InChI is InChI=1S/C22H27NO3/c1-3-26-22(24)15-17-23(18-19-10-5-4-6-11-19)16-9-13-20-12-7-8-14-21(20)25-2/h4-14H,3,15-18H2,1-2H3. The molecule has 0 aromatic heterocycles. The molecule has 138 valence electrons. The summed E-state index contributed by atoms with van der Waals surface area (Å²) in [5.41, 5.74) is 2.27. The van der Waals surface area contributed by atoms with Crippen LogP contribution in [0.4, 0.5) is 0 Å². The number of rotatable bonds is 10. The van der Waals surface area contributed by atoms with Gasteiger partial charge in [0.05, 0.1) is 20.1 Å². The summed E-state index contributed by atoms with van der Waals surface area (Å²) in [6, 6.07) is 18.2. The fourth-order valence-corrected chi connectivity index (χ4v) is 2.69. The molecule has 4 heteroatoms. The molecule has 0 aliphatic carbocycles. The SMILES string of the molecule is CCOC(=O)CCN(CC=Cc1ccccc1OC)Cc1ccccc1. The third kappa shape index (κ3) is 6.73. The topological polar surface area (TPSA) is 38.8 Å². The average molecular weight is 353 g/mol. The Labute approximate surface area is 156 Å². The molecule has 0 spiro atoms. The highest BCUT2D eigenvalue weighted by Gasteiger charge is 2.09. The fraction of sp³-hybridized carbons (Fsp3) is 0.318. The maximum atomic E-state index is 11.7. The van der Waals surface area contributed by atoms with Crippen molar-refractivity contribution < 1.29 is 14.3 Å². The number of esters is 1. The summed E-state index contributed by atoms with van der Waals surface area (Å²) in [5, 5.41) is 0. The molecule has 0 heterocycles. The Kier molecular flexibility index (Phi) is 8.43. The number of benzene rings is 2. The summed E-state index contributed by atoms with van der Waals surface area (Å²) in [6.07, 6.45) is 4.55. The van der Waals surface area contributed by atoms with Gasteiger partial charge >= 0.3 is 5.97 Å². The van der Waals surface area contributed by atoms with Crippen LogP contribution in [0.3, 0.4) is 0 Å². The zero-order valence-corrected chi connectivity index (χ0v) is 15.6. The molecule has 0 fully saturated rings. The van der Waals surface area contributed by atoms with E-state index >= 15 is 0 Å². The molecule has 0 bridgehead atoms. The Morgan fingerprint density at radius 3 is 2.54 bits per heavy atom. The largest absolute Gasteiger partial charge is 0.496 e. The number of methoxy groups -OCH3 is 1. The van der Waals surface area contributed by atoms with E-state index in [1.54, 1.807) is 7.11 Å². The van der Waals surface area contributed by atoms with Crippen LogP contribution < -0.4 is 4.74 Å². The molecule has 0 amide bonds. The summed E-state index contributed by atoms with van der Waals surface area (Å²) in [4.78, 5) is 13.9. The third-order valence-corrected chi connectivity index (χ3v) is 3.99. The average Bonchev–Trinajstić information content (AvgIpc) is 2.67. The van der Waals surface area contributed by atoms with Crippen molar-refractivity contribution in [3.63, 3.8) is 0 Å². The lowest BCUT2D eigenvalue weighted by Crippen LogP contribution is -2.26. The fourth-order valence-electron chi connectivity index (χ4n) is 2.69. The molecule has 0 saturated carbocycles. The maximum absolute atomic E-state index is 11.7. The van der Waals surface area contributed by atoms with E-state index in [1.807, 2.05) is 49.4 Å². The van der Waals surface area contributed by atoms with Crippen molar-refractivity contribution in [1.82, 2.24) is 4.90 Å². The number of para-hydroxylation sites is 1. The Bertz CT molecular complexity index is 698. The number of carbonyl (C=O) groups excluding carboxylic acids is 1. The van der Waals surface area contributed by atoms with Gasteiger partial charge in [-0.15, -0.1) is 0 Å². The number of nitrogens with zero attached hydrogens (tertiary/aromatic N) is 1. The minimum absolute atomic E-state index is 0.153. The van der Waals surface area contributed by atoms with E-state index < -0.39 is 0 Å². The first-order chi connectivity index (χ1) is 12.7. The van der Waals surface area contributed by atoms with Crippen LogP contribution in [-0.4, -0.2) is 37.7 Å². The summed E-state index contributed by atoms with van der Waals surface area (Å²) in [5.74, 6) is 0.698. The predicted molar refractivity (Wildman–Crippen MR) is 105 cm³/mol. The molecule has 4 nitrogen and oxygen atoms in total. The van der Waals surface area contributed by atoms with Crippen molar-refractivity contribution >= 4 is 12.0 Å². The van der Waals surface area contributed by atoms with E-state index in [2.05, 4.69) is 29.2 Å². The van der Waals surface area contributed by atoms with E-state index in [4.69, 9.17) is 9.47 Å². The summed E-state index contributed by atoms with van der Waals surface area (Å²) < 4.78 is 10.4. The van der Waals surface area contributed by atoms with Crippen molar-refractivity contribution in [1.29, 1.82) is 0 Å². The molecule has 0 N–H and O–H groups in total. The van der Waals surface area contributed by atoms with Crippen LogP contribution in [0.1, 0.15) is 24.5 Å². The number of hydrogen-bond donors (Lipinski definition) is 0. The van der Waals surface area contributed by atoms with Gasteiger partial charge in [0, 0.05) is 25.2 Å². The lowest BCUT2D eigenvalue weighted by Gasteiger charge is -2.20. The van der Waals surface area contributed by atoms with E-state index in [0.29, 0.717) is 19.6 Å². The minimum atomic E-state index is -0.153. The highest BCUT2D eigenvalue weighted by Crippen LogP contribution is 2.18. The molecular weight excluding hydrogens is 326 g/mol. The normalized spacial score (nSPS) is 11.0. The monoisotopic (exact) mass is 353 g/mol. The van der Waals surface area contributed by atoms with Crippen LogP contribution in [0.15, 0.2) is 60.7 Å².